The molecule has 1 aliphatic heterocycles. The van der Waals surface area contributed by atoms with Gasteiger partial charge in [-0.05, 0) is 36.6 Å². The summed E-state index contributed by atoms with van der Waals surface area (Å²) >= 11 is 0. The topological polar surface area (TPSA) is 24.9 Å². The summed E-state index contributed by atoms with van der Waals surface area (Å²) in [5.41, 5.74) is 5.55. The molecule has 0 bridgehead atoms. The fourth-order valence-corrected chi connectivity index (χ4v) is 2.96. The fraction of sp³-hybridized carbons (Fsp3) is 0.438. The third-order valence-corrected chi connectivity index (χ3v) is 3.79. The maximum Gasteiger partial charge on any atom is 0.0708 e. The zero-order valence-electron chi connectivity index (χ0n) is 11.0. The summed E-state index contributed by atoms with van der Waals surface area (Å²) in [6.45, 7) is 4.41. The SMILES string of the molecule is CCCc1c2c(nc3ccccc13)CCNCC2. The Labute approximate surface area is 108 Å². The quantitative estimate of drug-likeness (QED) is 0.873. The van der Waals surface area contributed by atoms with Crippen LogP contribution in [0, 0.1) is 0 Å². The summed E-state index contributed by atoms with van der Waals surface area (Å²) < 4.78 is 0. The summed E-state index contributed by atoms with van der Waals surface area (Å²) in [7, 11) is 0. The molecule has 0 amide bonds. The summed E-state index contributed by atoms with van der Waals surface area (Å²) in [6, 6.07) is 8.59. The average molecular weight is 240 g/mol. The zero-order chi connectivity index (χ0) is 12.4. The summed E-state index contributed by atoms with van der Waals surface area (Å²) in [5.74, 6) is 0. The Morgan fingerprint density at radius 3 is 2.89 bits per heavy atom. The Morgan fingerprint density at radius 2 is 2.00 bits per heavy atom. The van der Waals surface area contributed by atoms with Crippen molar-refractivity contribution in [3.05, 3.63) is 41.1 Å². The third kappa shape index (κ3) is 2.01. The molecule has 0 saturated heterocycles. The van der Waals surface area contributed by atoms with E-state index >= 15 is 0 Å². The number of nitrogens with one attached hydrogen (secondary N) is 1. The van der Waals surface area contributed by atoms with Crippen LogP contribution in [0.1, 0.15) is 30.2 Å². The van der Waals surface area contributed by atoms with Crippen LogP contribution >= 0.6 is 0 Å². The van der Waals surface area contributed by atoms with E-state index in [-0.39, 0.29) is 0 Å². The molecule has 2 heterocycles. The summed E-state index contributed by atoms with van der Waals surface area (Å²) in [6.07, 6.45) is 4.57. The Balaban J connectivity index is 2.25. The first-order valence-electron chi connectivity index (χ1n) is 7.00. The van der Waals surface area contributed by atoms with Gasteiger partial charge in [0.25, 0.3) is 0 Å². The van der Waals surface area contributed by atoms with Gasteiger partial charge in [0, 0.05) is 24.0 Å². The largest absolute Gasteiger partial charge is 0.316 e. The second-order valence-corrected chi connectivity index (χ2v) is 5.03. The molecule has 18 heavy (non-hydrogen) atoms. The average Bonchev–Trinajstić information content (AvgIpc) is 2.64. The molecular weight excluding hydrogens is 220 g/mol. The second kappa shape index (κ2) is 5.07. The van der Waals surface area contributed by atoms with Crippen LogP contribution in [0.25, 0.3) is 10.9 Å². The van der Waals surface area contributed by atoms with E-state index in [1.54, 1.807) is 5.56 Å². The number of benzene rings is 1. The van der Waals surface area contributed by atoms with Gasteiger partial charge in [0.1, 0.15) is 0 Å². The van der Waals surface area contributed by atoms with E-state index in [9.17, 15) is 0 Å². The molecular formula is C16H20N2. The van der Waals surface area contributed by atoms with Crippen LogP contribution in [0.2, 0.25) is 0 Å². The van der Waals surface area contributed by atoms with Crippen LogP contribution in [-0.2, 0) is 19.3 Å². The highest BCUT2D eigenvalue weighted by molar-refractivity contribution is 5.83. The lowest BCUT2D eigenvalue weighted by Gasteiger charge is -2.14. The van der Waals surface area contributed by atoms with Crippen LogP contribution in [0.15, 0.2) is 24.3 Å². The molecule has 3 rings (SSSR count). The lowest BCUT2D eigenvalue weighted by atomic mass is 9.94. The minimum atomic E-state index is 1.06. The predicted octanol–water partition coefficient (Wildman–Crippen LogP) is 2.88. The summed E-state index contributed by atoms with van der Waals surface area (Å²) in [5, 5.41) is 4.84. The molecule has 94 valence electrons. The molecule has 0 radical (unpaired) electrons. The van der Waals surface area contributed by atoms with Gasteiger partial charge < -0.3 is 5.32 Å². The molecule has 0 spiro atoms. The first-order valence-corrected chi connectivity index (χ1v) is 7.00. The number of aryl methyl sites for hydroxylation is 1. The minimum absolute atomic E-state index is 1.06. The van der Waals surface area contributed by atoms with Crippen molar-refractivity contribution in [1.82, 2.24) is 10.3 Å². The smallest absolute Gasteiger partial charge is 0.0708 e. The maximum atomic E-state index is 4.88. The van der Waals surface area contributed by atoms with Crippen LogP contribution in [0.4, 0.5) is 0 Å². The Kier molecular flexibility index (Phi) is 3.28. The fourth-order valence-electron chi connectivity index (χ4n) is 2.96. The monoisotopic (exact) mass is 240 g/mol. The molecule has 2 heteroatoms. The van der Waals surface area contributed by atoms with Crippen LogP contribution in [0.3, 0.4) is 0 Å². The van der Waals surface area contributed by atoms with E-state index < -0.39 is 0 Å². The maximum absolute atomic E-state index is 4.88. The van der Waals surface area contributed by atoms with Crippen molar-refractivity contribution in [1.29, 1.82) is 0 Å². The van der Waals surface area contributed by atoms with Crippen LogP contribution in [-0.4, -0.2) is 18.1 Å². The van der Waals surface area contributed by atoms with Crippen molar-refractivity contribution in [3.8, 4) is 0 Å². The van der Waals surface area contributed by atoms with E-state index in [0.29, 0.717) is 0 Å². The number of para-hydroxylation sites is 1. The summed E-state index contributed by atoms with van der Waals surface area (Å²) in [4.78, 5) is 4.88. The van der Waals surface area contributed by atoms with Gasteiger partial charge in [0.05, 0.1) is 5.52 Å². The lowest BCUT2D eigenvalue weighted by Crippen LogP contribution is -2.16. The molecule has 1 aromatic carbocycles. The molecule has 0 unspecified atom stereocenters. The Hall–Kier alpha value is -1.41. The van der Waals surface area contributed by atoms with Gasteiger partial charge >= 0.3 is 0 Å². The molecule has 1 aliphatic rings. The van der Waals surface area contributed by atoms with Gasteiger partial charge in [-0.1, -0.05) is 31.5 Å². The number of aromatic nitrogens is 1. The Morgan fingerprint density at radius 1 is 1.17 bits per heavy atom. The van der Waals surface area contributed by atoms with Crippen LogP contribution in [0.5, 0.6) is 0 Å². The molecule has 1 aromatic heterocycles. The van der Waals surface area contributed by atoms with Gasteiger partial charge in [0.2, 0.25) is 0 Å². The molecule has 0 fully saturated rings. The molecule has 2 nitrogen and oxygen atoms in total. The number of hydrogen-bond acceptors (Lipinski definition) is 2. The van der Waals surface area contributed by atoms with E-state index in [4.69, 9.17) is 4.98 Å². The zero-order valence-corrected chi connectivity index (χ0v) is 11.0. The highest BCUT2D eigenvalue weighted by Gasteiger charge is 2.15. The normalized spacial score (nSPS) is 15.4. The van der Waals surface area contributed by atoms with Crippen molar-refractivity contribution in [2.75, 3.05) is 13.1 Å². The first-order chi connectivity index (χ1) is 8.90. The van der Waals surface area contributed by atoms with Crippen molar-refractivity contribution in [2.24, 2.45) is 0 Å². The van der Waals surface area contributed by atoms with E-state index in [1.165, 1.54) is 35.0 Å². The van der Waals surface area contributed by atoms with Crippen molar-refractivity contribution < 1.29 is 0 Å². The highest BCUT2D eigenvalue weighted by atomic mass is 14.9. The highest BCUT2D eigenvalue weighted by Crippen LogP contribution is 2.26. The van der Waals surface area contributed by atoms with Crippen molar-refractivity contribution >= 4 is 10.9 Å². The second-order valence-electron chi connectivity index (χ2n) is 5.03. The number of rotatable bonds is 2. The van der Waals surface area contributed by atoms with Crippen LogP contribution < -0.4 is 5.32 Å². The standard InChI is InChI=1S/C16H20N2/c1-2-5-12-13-6-3-4-7-15(13)18-16-9-11-17-10-8-14(12)16/h3-4,6-7,17H,2,5,8-11H2,1H3. The molecule has 0 atom stereocenters. The number of nitrogens with zero attached hydrogens (tertiary/aromatic N) is 1. The predicted molar refractivity (Wildman–Crippen MR) is 76.0 cm³/mol. The van der Waals surface area contributed by atoms with E-state index in [2.05, 4.69) is 36.5 Å². The third-order valence-electron chi connectivity index (χ3n) is 3.79. The van der Waals surface area contributed by atoms with Gasteiger partial charge in [0.15, 0.2) is 0 Å². The molecule has 0 saturated carbocycles. The van der Waals surface area contributed by atoms with Gasteiger partial charge in [-0.15, -0.1) is 0 Å². The molecule has 2 aromatic rings. The van der Waals surface area contributed by atoms with Crippen molar-refractivity contribution in [2.45, 2.75) is 32.6 Å². The molecule has 0 aliphatic carbocycles. The number of fused-ring (bicyclic) bond motifs is 2. The molecule has 1 N–H and O–H groups in total. The first kappa shape index (κ1) is 11.7. The lowest BCUT2D eigenvalue weighted by molar-refractivity contribution is 0.707. The number of pyridine rings is 1. The minimum Gasteiger partial charge on any atom is -0.316 e. The van der Waals surface area contributed by atoms with E-state index in [0.717, 1.165) is 25.9 Å². The van der Waals surface area contributed by atoms with Gasteiger partial charge in [-0.2, -0.15) is 0 Å². The van der Waals surface area contributed by atoms with E-state index in [1.807, 2.05) is 0 Å². The van der Waals surface area contributed by atoms with Crippen molar-refractivity contribution in [3.63, 3.8) is 0 Å². The van der Waals surface area contributed by atoms with Gasteiger partial charge in [-0.3, -0.25) is 4.98 Å². The number of hydrogen-bond donors (Lipinski definition) is 1. The van der Waals surface area contributed by atoms with Gasteiger partial charge in [-0.25, -0.2) is 0 Å². The Bertz CT molecular complexity index is 560.